The molecule has 0 bridgehead atoms. The van der Waals surface area contributed by atoms with Crippen LogP contribution < -0.4 is 10.6 Å². The Hall–Kier alpha value is -2.45. The van der Waals surface area contributed by atoms with Gasteiger partial charge in [-0.3, -0.25) is 28.6 Å². The molecular formula is C13H18ClN5O8S. The molecule has 2 fully saturated rings. The van der Waals surface area contributed by atoms with Crippen molar-refractivity contribution in [1.82, 2.24) is 24.7 Å². The lowest BCUT2D eigenvalue weighted by Gasteiger charge is -2.37. The summed E-state index contributed by atoms with van der Waals surface area (Å²) in [6.07, 6.45) is 0. The summed E-state index contributed by atoms with van der Waals surface area (Å²) in [4.78, 5) is 59.7. The van der Waals surface area contributed by atoms with Gasteiger partial charge in [0.2, 0.25) is 0 Å². The number of piperazine rings is 1. The van der Waals surface area contributed by atoms with E-state index in [1.54, 1.807) is 6.92 Å². The van der Waals surface area contributed by atoms with Gasteiger partial charge in [0.25, 0.3) is 11.8 Å². The molecule has 156 valence electrons. The van der Waals surface area contributed by atoms with E-state index in [1.165, 1.54) is 4.90 Å². The van der Waals surface area contributed by atoms with Gasteiger partial charge in [0, 0.05) is 19.6 Å². The lowest BCUT2D eigenvalue weighted by molar-refractivity contribution is -0.153. The first-order valence-electron chi connectivity index (χ1n) is 8.01. The smallest absolute Gasteiger partial charge is 0.339 e. The monoisotopic (exact) mass is 439 g/mol. The lowest BCUT2D eigenvalue weighted by atomic mass is 10.1. The van der Waals surface area contributed by atoms with E-state index < -0.39 is 57.5 Å². The fraction of sp³-hybridized carbons (Fsp3) is 0.615. The van der Waals surface area contributed by atoms with Crippen LogP contribution in [0.15, 0.2) is 0 Å². The van der Waals surface area contributed by atoms with Gasteiger partial charge >= 0.3 is 28.1 Å². The Kier molecular flexibility index (Phi) is 5.87. The van der Waals surface area contributed by atoms with Crippen LogP contribution in [-0.4, -0.2) is 94.0 Å². The molecule has 6 amide bonds. The molecule has 2 atom stereocenters. The number of amides is 6. The molecule has 2 saturated heterocycles. The van der Waals surface area contributed by atoms with Crippen LogP contribution in [0.5, 0.6) is 0 Å². The summed E-state index contributed by atoms with van der Waals surface area (Å²) in [7, 11) is -4.72. The van der Waals surface area contributed by atoms with E-state index in [2.05, 4.69) is 10.6 Å². The Morgan fingerprint density at radius 2 is 1.86 bits per heavy atom. The maximum absolute atomic E-state index is 12.3. The number of nitrogens with one attached hydrogen (secondary N) is 2. The summed E-state index contributed by atoms with van der Waals surface area (Å²) in [5.41, 5.74) is 0. The molecule has 3 N–H and O–H groups in total. The van der Waals surface area contributed by atoms with Crippen molar-refractivity contribution in [3.8, 4) is 0 Å². The molecule has 0 saturated carbocycles. The number of carbonyl (C=O) groups excluding carboxylic acids is 5. The van der Waals surface area contributed by atoms with Crippen LogP contribution in [0, 0.1) is 0 Å². The molecule has 2 rings (SSSR count). The molecule has 0 aromatic heterocycles. The van der Waals surface area contributed by atoms with Crippen molar-refractivity contribution in [1.29, 1.82) is 0 Å². The van der Waals surface area contributed by atoms with Gasteiger partial charge in [0.1, 0.15) is 6.04 Å². The number of halogens is 1. The standard InChI is InChI=1S/C13H18ClN5O8S/c1-3-17-4-5-18(10(22)9(17)21)12(24)16-13(2,14)11(23)15-7-6-19(8(7)20)28(25,26)27/h7H,3-6H2,1-2H3,(H,15,23)(H,16,24)(H,25,26,27). The van der Waals surface area contributed by atoms with Crippen LogP contribution >= 0.6 is 11.6 Å². The number of carbonyl (C=O) groups is 5. The zero-order chi connectivity index (χ0) is 21.4. The quantitative estimate of drug-likeness (QED) is 0.138. The predicted molar refractivity (Wildman–Crippen MR) is 91.9 cm³/mol. The summed E-state index contributed by atoms with van der Waals surface area (Å²) in [5.74, 6) is -4.07. The third kappa shape index (κ3) is 4.18. The molecule has 2 aliphatic heterocycles. The maximum Gasteiger partial charge on any atom is 0.362 e. The minimum absolute atomic E-state index is 0.0940. The minimum atomic E-state index is -4.72. The Morgan fingerprint density at radius 1 is 1.25 bits per heavy atom. The van der Waals surface area contributed by atoms with Crippen molar-refractivity contribution in [3.63, 3.8) is 0 Å². The Bertz CT molecular complexity index is 844. The number of rotatable bonds is 5. The largest absolute Gasteiger partial charge is 0.362 e. The molecule has 0 spiro atoms. The summed E-state index contributed by atoms with van der Waals surface area (Å²) in [5, 5.41) is 4.20. The second-order valence-electron chi connectivity index (χ2n) is 6.15. The van der Waals surface area contributed by atoms with Gasteiger partial charge in [-0.15, -0.1) is 0 Å². The molecule has 0 aliphatic carbocycles. The molecular weight excluding hydrogens is 422 g/mol. The van der Waals surface area contributed by atoms with Gasteiger partial charge in [0.15, 0.2) is 5.00 Å². The van der Waals surface area contributed by atoms with Crippen LogP contribution in [0.1, 0.15) is 13.8 Å². The number of likely N-dealkylation sites (N-methyl/N-ethyl adjacent to an activating group) is 1. The van der Waals surface area contributed by atoms with Crippen molar-refractivity contribution < 1.29 is 36.9 Å². The first kappa shape index (κ1) is 21.8. The number of alkyl halides is 1. The van der Waals surface area contributed by atoms with E-state index >= 15 is 0 Å². The fourth-order valence-corrected chi connectivity index (χ4v) is 3.33. The third-order valence-corrected chi connectivity index (χ3v) is 5.33. The van der Waals surface area contributed by atoms with Gasteiger partial charge in [-0.25, -0.2) is 9.10 Å². The average Bonchev–Trinajstić information content (AvgIpc) is 2.58. The van der Waals surface area contributed by atoms with Crippen LogP contribution in [0.3, 0.4) is 0 Å². The number of imide groups is 1. The van der Waals surface area contributed by atoms with E-state index in [0.717, 1.165) is 6.92 Å². The Balaban J connectivity index is 1.97. The Morgan fingerprint density at radius 3 is 2.36 bits per heavy atom. The SMILES string of the molecule is CCN1CCN(C(=O)NC(C)(Cl)C(=O)NC2CN(S(=O)(=O)O)C2=O)C(=O)C1=O. The highest BCUT2D eigenvalue weighted by Crippen LogP contribution is 2.18. The Labute approximate surface area is 164 Å². The minimum Gasteiger partial charge on any atom is -0.339 e. The second kappa shape index (κ2) is 7.52. The lowest BCUT2D eigenvalue weighted by Crippen LogP contribution is -2.68. The summed E-state index contributed by atoms with van der Waals surface area (Å²) in [6, 6.07) is -2.35. The number of urea groups is 1. The van der Waals surface area contributed by atoms with E-state index in [0.29, 0.717) is 11.4 Å². The molecule has 2 heterocycles. The highest BCUT2D eigenvalue weighted by Gasteiger charge is 2.47. The summed E-state index contributed by atoms with van der Waals surface area (Å²) >= 11 is 5.97. The molecule has 0 radical (unpaired) electrons. The van der Waals surface area contributed by atoms with Crippen LogP contribution in [0.25, 0.3) is 0 Å². The highest BCUT2D eigenvalue weighted by molar-refractivity contribution is 7.84. The van der Waals surface area contributed by atoms with Crippen molar-refractivity contribution in [2.45, 2.75) is 24.9 Å². The second-order valence-corrected chi connectivity index (χ2v) is 8.24. The van der Waals surface area contributed by atoms with Crippen molar-refractivity contribution >= 4 is 51.6 Å². The number of hydrogen-bond acceptors (Lipinski definition) is 7. The van der Waals surface area contributed by atoms with Crippen molar-refractivity contribution in [2.24, 2.45) is 0 Å². The summed E-state index contributed by atoms with van der Waals surface area (Å²) in [6.45, 7) is 2.57. The molecule has 2 aliphatic rings. The normalized spacial score (nSPS) is 22.5. The predicted octanol–water partition coefficient (Wildman–Crippen LogP) is -2.53. The van der Waals surface area contributed by atoms with Crippen molar-refractivity contribution in [2.75, 3.05) is 26.2 Å². The summed E-state index contributed by atoms with van der Waals surface area (Å²) < 4.78 is 30.7. The molecule has 28 heavy (non-hydrogen) atoms. The maximum atomic E-state index is 12.3. The molecule has 15 heteroatoms. The number of β-lactam (4-membered cyclic amide) rings is 1. The van der Waals surface area contributed by atoms with Gasteiger partial charge in [-0.2, -0.15) is 8.42 Å². The molecule has 0 aromatic rings. The van der Waals surface area contributed by atoms with Gasteiger partial charge in [0.05, 0.1) is 6.54 Å². The zero-order valence-corrected chi connectivity index (χ0v) is 16.4. The van der Waals surface area contributed by atoms with E-state index in [4.69, 9.17) is 16.2 Å². The van der Waals surface area contributed by atoms with Crippen LogP contribution in [0.4, 0.5) is 4.79 Å². The van der Waals surface area contributed by atoms with Crippen molar-refractivity contribution in [3.05, 3.63) is 0 Å². The van der Waals surface area contributed by atoms with Gasteiger partial charge in [-0.1, -0.05) is 11.6 Å². The molecule has 13 nitrogen and oxygen atoms in total. The first-order valence-corrected chi connectivity index (χ1v) is 9.79. The topological polar surface area (TPSA) is 173 Å². The van der Waals surface area contributed by atoms with Crippen LogP contribution in [-0.2, 0) is 29.5 Å². The average molecular weight is 440 g/mol. The molecule has 0 aromatic carbocycles. The van der Waals surface area contributed by atoms with Gasteiger partial charge < -0.3 is 15.5 Å². The van der Waals surface area contributed by atoms with Gasteiger partial charge in [-0.05, 0) is 13.8 Å². The molecule has 2 unspecified atom stereocenters. The van der Waals surface area contributed by atoms with E-state index in [-0.39, 0.29) is 17.4 Å². The highest BCUT2D eigenvalue weighted by atomic mass is 35.5. The number of nitrogens with zero attached hydrogens (tertiary/aromatic N) is 3. The fourth-order valence-electron chi connectivity index (χ4n) is 2.50. The third-order valence-electron chi connectivity index (χ3n) is 4.18. The first-order chi connectivity index (χ1) is 12.8. The van der Waals surface area contributed by atoms with E-state index in [9.17, 15) is 32.4 Å². The zero-order valence-electron chi connectivity index (χ0n) is 14.8. The van der Waals surface area contributed by atoms with E-state index in [1.807, 2.05) is 0 Å². The number of hydrogen-bond donors (Lipinski definition) is 3. The van der Waals surface area contributed by atoms with Crippen LogP contribution in [0.2, 0.25) is 0 Å².